The van der Waals surface area contributed by atoms with Crippen molar-refractivity contribution in [1.82, 2.24) is 0 Å². The minimum Gasteiger partial charge on any atom is -0.496 e. The summed E-state index contributed by atoms with van der Waals surface area (Å²) in [5.74, 6) is 0.814. The Labute approximate surface area is 119 Å². The molecule has 2 N–H and O–H groups in total. The largest absolute Gasteiger partial charge is 0.496 e. The Morgan fingerprint density at radius 2 is 1.60 bits per heavy atom. The van der Waals surface area contributed by atoms with Crippen LogP contribution in [0.4, 0.5) is 5.69 Å². The van der Waals surface area contributed by atoms with Gasteiger partial charge < -0.3 is 10.5 Å². The number of ether oxygens (including phenoxy) is 1. The molecule has 0 aliphatic carbocycles. The predicted molar refractivity (Wildman–Crippen MR) is 81.5 cm³/mol. The second-order valence-corrected chi connectivity index (χ2v) is 5.05. The zero-order valence-corrected chi connectivity index (χ0v) is 12.3. The summed E-state index contributed by atoms with van der Waals surface area (Å²) in [4.78, 5) is 12.6. The van der Waals surface area contributed by atoms with Crippen LogP contribution in [0.3, 0.4) is 0 Å². The summed E-state index contributed by atoms with van der Waals surface area (Å²) in [6.07, 6.45) is 0. The number of hydrogen-bond acceptors (Lipinski definition) is 3. The van der Waals surface area contributed by atoms with E-state index in [-0.39, 0.29) is 5.78 Å². The molecule has 2 aromatic carbocycles. The van der Waals surface area contributed by atoms with Crippen LogP contribution < -0.4 is 10.5 Å². The van der Waals surface area contributed by atoms with Crippen molar-refractivity contribution in [2.45, 2.75) is 20.8 Å². The second kappa shape index (κ2) is 5.37. The first-order valence-corrected chi connectivity index (χ1v) is 6.50. The van der Waals surface area contributed by atoms with Crippen LogP contribution >= 0.6 is 0 Å². The molecule has 2 aromatic rings. The summed E-state index contributed by atoms with van der Waals surface area (Å²) in [5, 5.41) is 0. The Kier molecular flexibility index (Phi) is 3.79. The molecule has 104 valence electrons. The Morgan fingerprint density at radius 1 is 1.00 bits per heavy atom. The van der Waals surface area contributed by atoms with E-state index in [1.165, 1.54) is 0 Å². The maximum Gasteiger partial charge on any atom is 0.193 e. The van der Waals surface area contributed by atoms with E-state index in [0.29, 0.717) is 16.8 Å². The minimum atomic E-state index is -0.0105. The molecule has 0 heterocycles. The average molecular weight is 269 g/mol. The van der Waals surface area contributed by atoms with Crippen LogP contribution in [0.15, 0.2) is 30.3 Å². The summed E-state index contributed by atoms with van der Waals surface area (Å²) in [5.41, 5.74) is 10.5. The van der Waals surface area contributed by atoms with Crippen molar-refractivity contribution < 1.29 is 9.53 Å². The molecule has 3 nitrogen and oxygen atoms in total. The van der Waals surface area contributed by atoms with Crippen LogP contribution in [-0.2, 0) is 0 Å². The smallest absolute Gasteiger partial charge is 0.193 e. The fraction of sp³-hybridized carbons (Fsp3) is 0.235. The van der Waals surface area contributed by atoms with Crippen LogP contribution in [-0.4, -0.2) is 12.9 Å². The molecular formula is C17H19NO2. The standard InChI is InChI=1S/C17H19NO2/c1-10-5-6-14(18)9-15(10)16(19)13-7-11(2)17(20-4)12(3)8-13/h5-9H,18H2,1-4H3. The molecule has 0 fully saturated rings. The lowest BCUT2D eigenvalue weighted by Crippen LogP contribution is -2.06. The van der Waals surface area contributed by atoms with Gasteiger partial charge >= 0.3 is 0 Å². The number of anilines is 1. The molecule has 0 saturated carbocycles. The van der Waals surface area contributed by atoms with E-state index < -0.39 is 0 Å². The average Bonchev–Trinajstić information content (AvgIpc) is 2.40. The molecular weight excluding hydrogens is 250 g/mol. The molecule has 0 aromatic heterocycles. The van der Waals surface area contributed by atoms with E-state index >= 15 is 0 Å². The molecule has 0 aliphatic rings. The zero-order chi connectivity index (χ0) is 14.9. The van der Waals surface area contributed by atoms with E-state index in [0.717, 1.165) is 22.4 Å². The highest BCUT2D eigenvalue weighted by molar-refractivity contribution is 6.10. The van der Waals surface area contributed by atoms with E-state index in [2.05, 4.69) is 0 Å². The SMILES string of the molecule is COc1c(C)cc(C(=O)c2cc(N)ccc2C)cc1C. The van der Waals surface area contributed by atoms with E-state index in [1.807, 2.05) is 39.0 Å². The number of hydrogen-bond donors (Lipinski definition) is 1. The molecule has 0 aliphatic heterocycles. The Balaban J connectivity index is 2.51. The van der Waals surface area contributed by atoms with Crippen LogP contribution in [0, 0.1) is 20.8 Å². The lowest BCUT2D eigenvalue weighted by atomic mass is 9.95. The Bertz CT molecular complexity index is 652. The Morgan fingerprint density at radius 3 is 2.15 bits per heavy atom. The summed E-state index contributed by atoms with van der Waals surface area (Å²) in [6.45, 7) is 5.79. The number of carbonyl (C=O) groups is 1. The first-order valence-electron chi connectivity index (χ1n) is 6.50. The molecule has 0 unspecified atom stereocenters. The minimum absolute atomic E-state index is 0.0105. The zero-order valence-electron chi connectivity index (χ0n) is 12.3. The molecule has 2 rings (SSSR count). The lowest BCUT2D eigenvalue weighted by Gasteiger charge is -2.12. The van der Waals surface area contributed by atoms with Gasteiger partial charge in [0.25, 0.3) is 0 Å². The lowest BCUT2D eigenvalue weighted by molar-refractivity contribution is 0.103. The van der Waals surface area contributed by atoms with Crippen molar-refractivity contribution in [1.29, 1.82) is 0 Å². The van der Waals surface area contributed by atoms with Gasteiger partial charge in [0.15, 0.2) is 5.78 Å². The molecule has 3 heteroatoms. The third-order valence-electron chi connectivity index (χ3n) is 3.43. The maximum absolute atomic E-state index is 12.6. The highest BCUT2D eigenvalue weighted by atomic mass is 16.5. The third kappa shape index (κ3) is 2.52. The molecule has 0 radical (unpaired) electrons. The fourth-order valence-corrected chi connectivity index (χ4v) is 2.44. The van der Waals surface area contributed by atoms with Crippen molar-refractivity contribution in [2.75, 3.05) is 12.8 Å². The summed E-state index contributed by atoms with van der Waals surface area (Å²) in [7, 11) is 1.64. The second-order valence-electron chi connectivity index (χ2n) is 5.05. The van der Waals surface area contributed by atoms with Crippen LogP contribution in [0.5, 0.6) is 5.75 Å². The molecule has 0 saturated heterocycles. The maximum atomic E-state index is 12.6. The summed E-state index contributed by atoms with van der Waals surface area (Å²) in [6, 6.07) is 9.11. The highest BCUT2D eigenvalue weighted by Gasteiger charge is 2.15. The van der Waals surface area contributed by atoms with Crippen molar-refractivity contribution in [3.05, 3.63) is 58.1 Å². The van der Waals surface area contributed by atoms with Gasteiger partial charge in [-0.1, -0.05) is 6.07 Å². The van der Waals surface area contributed by atoms with E-state index in [1.54, 1.807) is 19.2 Å². The summed E-state index contributed by atoms with van der Waals surface area (Å²) >= 11 is 0. The number of nitrogen functional groups attached to an aromatic ring is 1. The van der Waals surface area contributed by atoms with Crippen molar-refractivity contribution in [3.8, 4) is 5.75 Å². The van der Waals surface area contributed by atoms with Crippen molar-refractivity contribution >= 4 is 11.5 Å². The summed E-state index contributed by atoms with van der Waals surface area (Å²) < 4.78 is 5.33. The van der Waals surface area contributed by atoms with E-state index in [9.17, 15) is 4.79 Å². The fourth-order valence-electron chi connectivity index (χ4n) is 2.44. The van der Waals surface area contributed by atoms with Gasteiger partial charge in [0.2, 0.25) is 0 Å². The van der Waals surface area contributed by atoms with Gasteiger partial charge in [-0.3, -0.25) is 4.79 Å². The molecule has 0 atom stereocenters. The van der Waals surface area contributed by atoms with E-state index in [4.69, 9.17) is 10.5 Å². The monoisotopic (exact) mass is 269 g/mol. The predicted octanol–water partition coefficient (Wildman–Crippen LogP) is 3.43. The number of aryl methyl sites for hydroxylation is 3. The van der Waals surface area contributed by atoms with Crippen molar-refractivity contribution in [2.24, 2.45) is 0 Å². The van der Waals surface area contributed by atoms with Gasteiger partial charge in [-0.05, 0) is 61.7 Å². The quantitative estimate of drug-likeness (QED) is 0.686. The molecule has 20 heavy (non-hydrogen) atoms. The normalized spacial score (nSPS) is 10.4. The van der Waals surface area contributed by atoms with Gasteiger partial charge in [0.05, 0.1) is 7.11 Å². The third-order valence-corrected chi connectivity index (χ3v) is 3.43. The topological polar surface area (TPSA) is 52.3 Å². The van der Waals surface area contributed by atoms with Crippen molar-refractivity contribution in [3.63, 3.8) is 0 Å². The Hall–Kier alpha value is -2.29. The molecule has 0 spiro atoms. The number of ketones is 1. The number of methoxy groups -OCH3 is 1. The highest BCUT2D eigenvalue weighted by Crippen LogP contribution is 2.26. The number of rotatable bonds is 3. The number of benzene rings is 2. The molecule has 0 amide bonds. The van der Waals surface area contributed by atoms with Crippen LogP contribution in [0.1, 0.15) is 32.6 Å². The van der Waals surface area contributed by atoms with Crippen LogP contribution in [0.25, 0.3) is 0 Å². The number of carbonyl (C=O) groups excluding carboxylic acids is 1. The van der Waals surface area contributed by atoms with Gasteiger partial charge in [-0.25, -0.2) is 0 Å². The van der Waals surface area contributed by atoms with Gasteiger partial charge in [-0.15, -0.1) is 0 Å². The van der Waals surface area contributed by atoms with Gasteiger partial charge in [0, 0.05) is 16.8 Å². The first kappa shape index (κ1) is 14.1. The van der Waals surface area contributed by atoms with Gasteiger partial charge in [-0.2, -0.15) is 0 Å². The number of nitrogens with two attached hydrogens (primary N) is 1. The molecule has 0 bridgehead atoms. The van der Waals surface area contributed by atoms with Crippen LogP contribution in [0.2, 0.25) is 0 Å². The first-order chi connectivity index (χ1) is 9.43. The van der Waals surface area contributed by atoms with Gasteiger partial charge in [0.1, 0.15) is 5.75 Å².